The lowest BCUT2D eigenvalue weighted by molar-refractivity contribution is -0.115. The molecule has 0 aromatic carbocycles. The fourth-order valence-electron chi connectivity index (χ4n) is 3.89. The van der Waals surface area contributed by atoms with Crippen LogP contribution in [0.3, 0.4) is 0 Å². The first-order chi connectivity index (χ1) is 11.2. The van der Waals surface area contributed by atoms with Gasteiger partial charge in [0.05, 0.1) is 23.9 Å². The van der Waals surface area contributed by atoms with Gasteiger partial charge in [-0.3, -0.25) is 0 Å². The van der Waals surface area contributed by atoms with Crippen LogP contribution in [0.25, 0.3) is 0 Å². The molecular formula is C21H30O2. The van der Waals surface area contributed by atoms with Gasteiger partial charge in [-0.1, -0.05) is 68.4 Å². The van der Waals surface area contributed by atoms with E-state index in [4.69, 9.17) is 9.47 Å². The predicted molar refractivity (Wildman–Crippen MR) is 95.4 cm³/mol. The van der Waals surface area contributed by atoms with Gasteiger partial charge in [0, 0.05) is 12.3 Å². The third kappa shape index (κ3) is 4.05. The highest BCUT2D eigenvalue weighted by atomic mass is 16.6. The molecule has 0 N–H and O–H groups in total. The van der Waals surface area contributed by atoms with E-state index in [0.717, 1.165) is 12.8 Å². The molecule has 23 heavy (non-hydrogen) atoms. The van der Waals surface area contributed by atoms with Gasteiger partial charge >= 0.3 is 0 Å². The Balaban J connectivity index is 1.71. The van der Waals surface area contributed by atoms with E-state index in [1.807, 2.05) is 0 Å². The van der Waals surface area contributed by atoms with Gasteiger partial charge < -0.3 is 9.47 Å². The number of hydrogen-bond donors (Lipinski definition) is 0. The highest BCUT2D eigenvalue weighted by molar-refractivity contribution is 5.22. The van der Waals surface area contributed by atoms with Gasteiger partial charge in [0.15, 0.2) is 0 Å². The van der Waals surface area contributed by atoms with Crippen LogP contribution in [-0.4, -0.2) is 23.9 Å². The van der Waals surface area contributed by atoms with Crippen LogP contribution in [0.1, 0.15) is 52.4 Å². The zero-order valence-corrected chi connectivity index (χ0v) is 14.5. The molecule has 3 rings (SSSR count). The third-order valence-electron chi connectivity index (χ3n) is 5.56. The molecule has 0 radical (unpaired) electrons. The zero-order valence-electron chi connectivity index (χ0n) is 14.5. The Kier molecular flexibility index (Phi) is 5.55. The molecule has 0 spiro atoms. The van der Waals surface area contributed by atoms with Crippen molar-refractivity contribution in [1.82, 2.24) is 0 Å². The summed E-state index contributed by atoms with van der Waals surface area (Å²) in [6, 6.07) is 0. The highest BCUT2D eigenvalue weighted by Crippen LogP contribution is 2.40. The van der Waals surface area contributed by atoms with E-state index in [1.165, 1.54) is 25.7 Å². The van der Waals surface area contributed by atoms with Crippen molar-refractivity contribution in [3.8, 4) is 0 Å². The van der Waals surface area contributed by atoms with Crippen molar-refractivity contribution in [2.45, 2.75) is 76.3 Å². The molecule has 126 valence electrons. The molecule has 0 amide bonds. The van der Waals surface area contributed by atoms with Gasteiger partial charge in [-0.15, -0.1) is 0 Å². The van der Waals surface area contributed by atoms with Crippen LogP contribution in [0.4, 0.5) is 0 Å². The first kappa shape index (κ1) is 16.7. The smallest absolute Gasteiger partial charge is 0.0917 e. The van der Waals surface area contributed by atoms with Crippen molar-refractivity contribution >= 4 is 0 Å². The molecular weight excluding hydrogens is 284 g/mol. The van der Waals surface area contributed by atoms with Crippen LogP contribution in [-0.2, 0) is 9.47 Å². The minimum absolute atomic E-state index is 0.154. The van der Waals surface area contributed by atoms with Gasteiger partial charge in [-0.2, -0.15) is 0 Å². The first-order valence-electron chi connectivity index (χ1n) is 9.23. The van der Waals surface area contributed by atoms with Crippen molar-refractivity contribution in [3.63, 3.8) is 0 Å². The molecule has 0 bridgehead atoms. The lowest BCUT2D eigenvalue weighted by atomic mass is 9.92. The van der Waals surface area contributed by atoms with Gasteiger partial charge in [-0.05, 0) is 26.2 Å². The van der Waals surface area contributed by atoms with Crippen molar-refractivity contribution < 1.29 is 9.47 Å². The van der Waals surface area contributed by atoms with Gasteiger partial charge in [0.25, 0.3) is 0 Å². The van der Waals surface area contributed by atoms with E-state index in [9.17, 15) is 0 Å². The second-order valence-corrected chi connectivity index (χ2v) is 7.21. The Morgan fingerprint density at radius 1 is 1.00 bits per heavy atom. The molecule has 2 heteroatoms. The van der Waals surface area contributed by atoms with Crippen molar-refractivity contribution in [2.24, 2.45) is 5.92 Å². The molecule has 3 aliphatic rings. The molecule has 1 saturated heterocycles. The van der Waals surface area contributed by atoms with Crippen LogP contribution in [0.15, 0.2) is 48.6 Å². The minimum atomic E-state index is -0.154. The van der Waals surface area contributed by atoms with Crippen LogP contribution in [0.5, 0.6) is 0 Å². The molecule has 1 saturated carbocycles. The average molecular weight is 314 g/mol. The maximum atomic E-state index is 6.52. The molecule has 1 aliphatic heterocycles. The maximum Gasteiger partial charge on any atom is 0.0917 e. The van der Waals surface area contributed by atoms with Crippen LogP contribution in [0, 0.1) is 5.92 Å². The molecule has 2 aliphatic carbocycles. The summed E-state index contributed by atoms with van der Waals surface area (Å²) in [4.78, 5) is 0. The largest absolute Gasteiger partial charge is 0.372 e. The Labute approximate surface area is 140 Å². The highest BCUT2D eigenvalue weighted by Gasteiger charge is 2.47. The molecule has 0 aromatic heterocycles. The van der Waals surface area contributed by atoms with E-state index in [2.05, 4.69) is 62.5 Å². The Bertz CT molecular complexity index is 474. The molecule has 2 fully saturated rings. The summed E-state index contributed by atoms with van der Waals surface area (Å²) in [5.74, 6) is 0.311. The van der Waals surface area contributed by atoms with E-state index in [-0.39, 0.29) is 17.8 Å². The lowest BCUT2D eigenvalue weighted by Gasteiger charge is -2.31. The second kappa shape index (κ2) is 7.63. The van der Waals surface area contributed by atoms with Crippen molar-refractivity contribution in [2.75, 3.05) is 0 Å². The summed E-state index contributed by atoms with van der Waals surface area (Å²) in [5.41, 5.74) is -0.154. The summed E-state index contributed by atoms with van der Waals surface area (Å²) in [6.07, 6.45) is 25.0. The maximum absolute atomic E-state index is 6.52. The van der Waals surface area contributed by atoms with Gasteiger partial charge in [0.2, 0.25) is 0 Å². The number of rotatable bonds is 4. The summed E-state index contributed by atoms with van der Waals surface area (Å²) in [7, 11) is 0. The first-order valence-corrected chi connectivity index (χ1v) is 9.23. The van der Waals surface area contributed by atoms with Gasteiger partial charge in [-0.25, -0.2) is 0 Å². The van der Waals surface area contributed by atoms with Crippen LogP contribution < -0.4 is 0 Å². The number of allylic oxidation sites excluding steroid dienone is 6. The quantitative estimate of drug-likeness (QED) is 0.716. The van der Waals surface area contributed by atoms with Crippen molar-refractivity contribution in [1.29, 1.82) is 0 Å². The second-order valence-electron chi connectivity index (χ2n) is 7.21. The SMILES string of the molecule is CCC1(C)O[C@@H](C2C=C\C=C/C=C\C=C/2)CC1OC1CCCC1. The van der Waals surface area contributed by atoms with Crippen LogP contribution >= 0.6 is 0 Å². The summed E-state index contributed by atoms with van der Waals surface area (Å²) in [5, 5.41) is 0. The summed E-state index contributed by atoms with van der Waals surface area (Å²) >= 11 is 0. The zero-order chi connectivity index (χ0) is 16.1. The average Bonchev–Trinajstić information content (AvgIpc) is 3.19. The molecule has 3 unspecified atom stereocenters. The lowest BCUT2D eigenvalue weighted by Crippen LogP contribution is -2.39. The topological polar surface area (TPSA) is 18.5 Å². The molecule has 4 atom stereocenters. The number of hydrogen-bond acceptors (Lipinski definition) is 2. The fraction of sp³-hybridized carbons (Fsp3) is 0.619. The number of ether oxygens (including phenoxy) is 2. The fourth-order valence-corrected chi connectivity index (χ4v) is 3.89. The van der Waals surface area contributed by atoms with E-state index in [1.54, 1.807) is 0 Å². The van der Waals surface area contributed by atoms with Crippen molar-refractivity contribution in [3.05, 3.63) is 48.6 Å². The summed E-state index contributed by atoms with van der Waals surface area (Å²) < 4.78 is 13.0. The Morgan fingerprint density at radius 2 is 1.61 bits per heavy atom. The summed E-state index contributed by atoms with van der Waals surface area (Å²) in [6.45, 7) is 4.45. The minimum Gasteiger partial charge on any atom is -0.372 e. The molecule has 0 aromatic rings. The van der Waals surface area contributed by atoms with E-state index in [0.29, 0.717) is 12.0 Å². The standard InChI is InChI=1S/C21H30O2/c1-3-21(2)20(22-18-14-10-11-15-18)16-19(23-21)17-12-8-6-4-5-7-9-13-17/h4-9,12-13,17-20H,3,10-11,14-16H2,1-2H3/b6-4-,7-5-,12-8-,13-9?/t17?,19-,20?,21?/m1/s1. The normalized spacial score (nSPS) is 42.1. The third-order valence-corrected chi connectivity index (χ3v) is 5.56. The monoisotopic (exact) mass is 314 g/mol. The van der Waals surface area contributed by atoms with Crippen LogP contribution in [0.2, 0.25) is 0 Å². The van der Waals surface area contributed by atoms with Gasteiger partial charge in [0.1, 0.15) is 0 Å². The Hall–Kier alpha value is -1.12. The molecule has 2 nitrogen and oxygen atoms in total. The predicted octanol–water partition coefficient (Wildman–Crippen LogP) is 5.13. The van der Waals surface area contributed by atoms with E-state index < -0.39 is 0 Å². The molecule has 1 heterocycles. The van der Waals surface area contributed by atoms with E-state index >= 15 is 0 Å². The Morgan fingerprint density at radius 3 is 2.22 bits per heavy atom.